The van der Waals surface area contributed by atoms with E-state index in [2.05, 4.69) is 27.7 Å². The summed E-state index contributed by atoms with van der Waals surface area (Å²) in [6, 6.07) is 12.5. The minimum atomic E-state index is -0.599. The predicted octanol–water partition coefficient (Wildman–Crippen LogP) is 3.55. The molecule has 0 radical (unpaired) electrons. The van der Waals surface area contributed by atoms with Crippen molar-refractivity contribution in [2.24, 2.45) is 0 Å². The first kappa shape index (κ1) is 19.6. The van der Waals surface area contributed by atoms with Gasteiger partial charge in [0.2, 0.25) is 11.8 Å². The third-order valence-electron chi connectivity index (χ3n) is 5.72. The molecule has 0 aromatic heterocycles. The Morgan fingerprint density at radius 3 is 2.55 bits per heavy atom. The Bertz CT molecular complexity index is 891. The van der Waals surface area contributed by atoms with Crippen LogP contribution >= 0.6 is 0 Å². The number of rotatable bonds is 5. The number of nitrogens with zero attached hydrogens (tertiary/aromatic N) is 1. The van der Waals surface area contributed by atoms with Crippen LogP contribution in [0.15, 0.2) is 42.5 Å². The average Bonchev–Trinajstić information content (AvgIpc) is 2.73. The van der Waals surface area contributed by atoms with E-state index < -0.39 is 11.7 Å². The second kappa shape index (κ2) is 8.74. The van der Waals surface area contributed by atoms with Crippen molar-refractivity contribution in [2.75, 3.05) is 18.4 Å². The summed E-state index contributed by atoms with van der Waals surface area (Å²) in [6.45, 7) is 3.70. The Kier molecular flexibility index (Phi) is 5.90. The smallest absolute Gasteiger partial charge is 0.228 e. The monoisotopic (exact) mass is 395 g/mol. The number of fused-ring (bicyclic) bond motifs is 1. The number of nitrogens with one attached hydrogen (secondary N) is 2. The normalized spacial score (nSPS) is 19.3. The maximum Gasteiger partial charge on any atom is 0.228 e. The summed E-state index contributed by atoms with van der Waals surface area (Å²) in [5.74, 6) is -1.53. The molecule has 152 valence electrons. The molecule has 2 aromatic carbocycles. The number of halogens is 1. The van der Waals surface area contributed by atoms with Crippen LogP contribution in [0.2, 0.25) is 0 Å². The summed E-state index contributed by atoms with van der Waals surface area (Å²) < 4.78 is 13.4. The number of hydrogen-bond donors (Lipinski definition) is 2. The molecule has 0 spiro atoms. The van der Waals surface area contributed by atoms with Crippen LogP contribution < -0.4 is 10.6 Å². The van der Waals surface area contributed by atoms with Crippen molar-refractivity contribution in [3.05, 3.63) is 65.0 Å². The van der Waals surface area contributed by atoms with E-state index in [0.717, 1.165) is 25.2 Å². The second-order valence-electron chi connectivity index (χ2n) is 7.91. The van der Waals surface area contributed by atoms with E-state index in [0.29, 0.717) is 17.8 Å². The zero-order valence-electron chi connectivity index (χ0n) is 16.4. The van der Waals surface area contributed by atoms with Crippen molar-refractivity contribution in [3.8, 4) is 0 Å². The number of piperidine rings is 1. The molecule has 2 N–H and O–H groups in total. The van der Waals surface area contributed by atoms with Gasteiger partial charge >= 0.3 is 0 Å². The quantitative estimate of drug-likeness (QED) is 0.814. The van der Waals surface area contributed by atoms with Gasteiger partial charge in [-0.1, -0.05) is 36.8 Å². The Morgan fingerprint density at radius 1 is 1.07 bits per heavy atom. The van der Waals surface area contributed by atoms with Crippen LogP contribution in [0.1, 0.15) is 48.3 Å². The molecule has 0 saturated carbocycles. The van der Waals surface area contributed by atoms with Crippen LogP contribution in [0.3, 0.4) is 0 Å². The molecule has 4 rings (SSSR count). The first-order valence-electron chi connectivity index (χ1n) is 10.3. The Hall–Kier alpha value is -2.73. The van der Waals surface area contributed by atoms with Gasteiger partial charge in [-0.25, -0.2) is 4.39 Å². The predicted molar refractivity (Wildman–Crippen MR) is 110 cm³/mol. The third-order valence-corrected chi connectivity index (χ3v) is 5.72. The summed E-state index contributed by atoms with van der Waals surface area (Å²) >= 11 is 0. The van der Waals surface area contributed by atoms with Gasteiger partial charge < -0.3 is 10.6 Å². The fourth-order valence-electron chi connectivity index (χ4n) is 4.12. The number of carbonyl (C=O) groups excluding carboxylic acids is 2. The zero-order valence-corrected chi connectivity index (χ0v) is 16.4. The molecule has 2 amide bonds. The van der Waals surface area contributed by atoms with Crippen LogP contribution in [0, 0.1) is 5.82 Å². The van der Waals surface area contributed by atoms with Gasteiger partial charge in [-0.2, -0.15) is 0 Å². The van der Waals surface area contributed by atoms with Crippen LogP contribution in [-0.2, 0) is 22.7 Å². The highest BCUT2D eigenvalue weighted by molar-refractivity contribution is 6.01. The molecular weight excluding hydrogens is 369 g/mol. The molecule has 0 aliphatic carbocycles. The lowest BCUT2D eigenvalue weighted by Gasteiger charge is -2.26. The van der Waals surface area contributed by atoms with E-state index in [1.807, 2.05) is 12.1 Å². The van der Waals surface area contributed by atoms with E-state index in [4.69, 9.17) is 0 Å². The van der Waals surface area contributed by atoms with Crippen molar-refractivity contribution < 1.29 is 14.0 Å². The maximum atomic E-state index is 13.4. The highest BCUT2D eigenvalue weighted by atomic mass is 19.1. The van der Waals surface area contributed by atoms with E-state index in [1.165, 1.54) is 37.0 Å². The van der Waals surface area contributed by atoms with Gasteiger partial charge in [0.05, 0.1) is 5.92 Å². The molecule has 1 unspecified atom stereocenters. The lowest BCUT2D eigenvalue weighted by atomic mass is 9.89. The zero-order chi connectivity index (χ0) is 20.2. The molecule has 1 atom stereocenters. The van der Waals surface area contributed by atoms with E-state index in [9.17, 15) is 14.0 Å². The Labute approximate surface area is 170 Å². The van der Waals surface area contributed by atoms with Gasteiger partial charge in [0, 0.05) is 25.2 Å². The van der Waals surface area contributed by atoms with Gasteiger partial charge in [0.1, 0.15) is 5.82 Å². The fourth-order valence-corrected chi connectivity index (χ4v) is 4.12. The van der Waals surface area contributed by atoms with Crippen molar-refractivity contribution in [1.82, 2.24) is 10.2 Å². The molecule has 2 heterocycles. The van der Waals surface area contributed by atoms with Crippen molar-refractivity contribution in [2.45, 2.75) is 44.7 Å². The summed E-state index contributed by atoms with van der Waals surface area (Å²) in [6.07, 6.45) is 3.95. The first-order valence-corrected chi connectivity index (χ1v) is 10.3. The number of carbonyl (C=O) groups is 2. The minimum Gasteiger partial charge on any atom is -0.351 e. The largest absolute Gasteiger partial charge is 0.351 e. The lowest BCUT2D eigenvalue weighted by Crippen LogP contribution is -2.34. The summed E-state index contributed by atoms with van der Waals surface area (Å²) in [5, 5.41) is 5.56. The molecule has 2 aliphatic heterocycles. The van der Waals surface area contributed by atoms with Gasteiger partial charge in [-0.3, -0.25) is 14.5 Å². The highest BCUT2D eigenvalue weighted by Gasteiger charge is 2.30. The van der Waals surface area contributed by atoms with Gasteiger partial charge in [-0.15, -0.1) is 0 Å². The Morgan fingerprint density at radius 2 is 1.79 bits per heavy atom. The van der Waals surface area contributed by atoms with Crippen LogP contribution in [0.5, 0.6) is 0 Å². The van der Waals surface area contributed by atoms with Gasteiger partial charge in [-0.05, 0) is 54.8 Å². The summed E-state index contributed by atoms with van der Waals surface area (Å²) in [4.78, 5) is 27.1. The molecule has 1 saturated heterocycles. The van der Waals surface area contributed by atoms with E-state index >= 15 is 0 Å². The molecule has 2 aromatic rings. The number of likely N-dealkylation sites (tertiary alicyclic amines) is 1. The van der Waals surface area contributed by atoms with Crippen LogP contribution in [-0.4, -0.2) is 29.8 Å². The van der Waals surface area contributed by atoms with Gasteiger partial charge in [0.15, 0.2) is 0 Å². The number of anilines is 1. The molecule has 1 fully saturated rings. The van der Waals surface area contributed by atoms with E-state index in [1.54, 1.807) is 6.07 Å². The van der Waals surface area contributed by atoms with Crippen molar-refractivity contribution >= 4 is 17.5 Å². The molecular formula is C23H26FN3O2. The maximum absolute atomic E-state index is 13.4. The minimum absolute atomic E-state index is 0.0687. The number of benzene rings is 2. The molecule has 2 aliphatic rings. The summed E-state index contributed by atoms with van der Waals surface area (Å²) in [5.41, 5.74) is 3.33. The third kappa shape index (κ3) is 4.82. The SMILES string of the molecule is O=C1CC(C(=O)NCc2ccc(CN3CCCCC3)cc2)c2ccc(F)cc2N1. The van der Waals surface area contributed by atoms with Crippen LogP contribution in [0.4, 0.5) is 10.1 Å². The molecule has 29 heavy (non-hydrogen) atoms. The topological polar surface area (TPSA) is 61.4 Å². The van der Waals surface area contributed by atoms with Crippen molar-refractivity contribution in [1.29, 1.82) is 0 Å². The van der Waals surface area contributed by atoms with Crippen LogP contribution in [0.25, 0.3) is 0 Å². The fraction of sp³-hybridized carbons (Fsp3) is 0.391. The standard InChI is InChI=1S/C23H26FN3O2/c24-18-8-9-19-20(13-22(28)26-21(19)12-18)23(29)25-14-16-4-6-17(7-5-16)15-27-10-2-1-3-11-27/h4-9,12,20H,1-3,10-11,13-15H2,(H,25,29)(H,26,28). The molecule has 5 nitrogen and oxygen atoms in total. The highest BCUT2D eigenvalue weighted by Crippen LogP contribution is 2.32. The summed E-state index contributed by atoms with van der Waals surface area (Å²) in [7, 11) is 0. The average molecular weight is 395 g/mol. The van der Waals surface area contributed by atoms with E-state index in [-0.39, 0.29) is 18.2 Å². The molecule has 6 heteroatoms. The number of hydrogen-bond acceptors (Lipinski definition) is 3. The van der Waals surface area contributed by atoms with Crippen molar-refractivity contribution in [3.63, 3.8) is 0 Å². The lowest BCUT2D eigenvalue weighted by molar-refractivity contribution is -0.126. The number of amides is 2. The molecule has 0 bridgehead atoms. The Balaban J connectivity index is 1.35. The second-order valence-corrected chi connectivity index (χ2v) is 7.91. The first-order chi connectivity index (χ1) is 14.1. The van der Waals surface area contributed by atoms with Gasteiger partial charge in [0.25, 0.3) is 0 Å².